The monoisotopic (exact) mass is 283 g/mol. The molecule has 3 rings (SSSR count). The molecule has 1 unspecified atom stereocenters. The molecule has 1 aromatic heterocycles. The second kappa shape index (κ2) is 5.66. The van der Waals surface area contributed by atoms with Crippen LogP contribution >= 0.6 is 0 Å². The van der Waals surface area contributed by atoms with Crippen LogP contribution in [0.5, 0.6) is 0 Å². The SMILES string of the molecule is CCCn1ccnc1C(N)c1ccc(F)c2ccccc12. The van der Waals surface area contributed by atoms with Gasteiger partial charge in [-0.05, 0) is 23.4 Å². The van der Waals surface area contributed by atoms with Gasteiger partial charge in [0.25, 0.3) is 0 Å². The van der Waals surface area contributed by atoms with Crippen molar-refractivity contribution in [2.45, 2.75) is 25.9 Å². The van der Waals surface area contributed by atoms with Gasteiger partial charge in [-0.25, -0.2) is 9.37 Å². The molecule has 3 aromatic rings. The lowest BCUT2D eigenvalue weighted by molar-refractivity contribution is 0.612. The Balaban J connectivity index is 2.12. The van der Waals surface area contributed by atoms with E-state index < -0.39 is 0 Å². The van der Waals surface area contributed by atoms with Crippen LogP contribution in [0.25, 0.3) is 10.8 Å². The quantitative estimate of drug-likeness (QED) is 0.794. The van der Waals surface area contributed by atoms with Crippen molar-refractivity contribution in [1.82, 2.24) is 9.55 Å². The first-order valence-electron chi connectivity index (χ1n) is 7.16. The zero-order valence-corrected chi connectivity index (χ0v) is 12.0. The van der Waals surface area contributed by atoms with Crippen molar-refractivity contribution < 1.29 is 4.39 Å². The predicted molar refractivity (Wildman–Crippen MR) is 82.5 cm³/mol. The molecule has 0 saturated heterocycles. The summed E-state index contributed by atoms with van der Waals surface area (Å²) in [5.74, 6) is 0.590. The van der Waals surface area contributed by atoms with E-state index in [9.17, 15) is 4.39 Å². The molecular formula is C17H18FN3. The van der Waals surface area contributed by atoms with E-state index in [2.05, 4.69) is 16.5 Å². The largest absolute Gasteiger partial charge is 0.333 e. The number of aryl methyl sites for hydroxylation is 1. The third-order valence-electron chi connectivity index (χ3n) is 3.73. The third kappa shape index (κ3) is 2.43. The zero-order chi connectivity index (χ0) is 14.8. The molecule has 0 aliphatic carbocycles. The van der Waals surface area contributed by atoms with Crippen molar-refractivity contribution in [3.8, 4) is 0 Å². The fourth-order valence-corrected chi connectivity index (χ4v) is 2.73. The number of aromatic nitrogens is 2. The van der Waals surface area contributed by atoms with Crippen LogP contribution in [0.2, 0.25) is 0 Å². The Morgan fingerprint density at radius 2 is 1.95 bits per heavy atom. The van der Waals surface area contributed by atoms with Crippen molar-refractivity contribution in [1.29, 1.82) is 0 Å². The highest BCUT2D eigenvalue weighted by Gasteiger charge is 2.17. The zero-order valence-electron chi connectivity index (χ0n) is 12.0. The van der Waals surface area contributed by atoms with Crippen molar-refractivity contribution >= 4 is 10.8 Å². The summed E-state index contributed by atoms with van der Waals surface area (Å²) in [5, 5.41) is 1.44. The van der Waals surface area contributed by atoms with E-state index in [1.165, 1.54) is 6.07 Å². The van der Waals surface area contributed by atoms with Gasteiger partial charge in [-0.2, -0.15) is 0 Å². The number of benzene rings is 2. The van der Waals surface area contributed by atoms with E-state index in [0.29, 0.717) is 5.39 Å². The Morgan fingerprint density at radius 3 is 2.71 bits per heavy atom. The molecule has 2 N–H and O–H groups in total. The lowest BCUT2D eigenvalue weighted by Crippen LogP contribution is -2.18. The van der Waals surface area contributed by atoms with E-state index in [4.69, 9.17) is 5.73 Å². The highest BCUT2D eigenvalue weighted by molar-refractivity contribution is 5.87. The summed E-state index contributed by atoms with van der Waals surface area (Å²) in [6.45, 7) is 2.99. The van der Waals surface area contributed by atoms with Gasteiger partial charge in [0.1, 0.15) is 11.6 Å². The van der Waals surface area contributed by atoms with Gasteiger partial charge in [0.2, 0.25) is 0 Å². The fraction of sp³-hybridized carbons (Fsp3) is 0.235. The van der Waals surface area contributed by atoms with Crippen LogP contribution in [0.4, 0.5) is 4.39 Å². The molecule has 21 heavy (non-hydrogen) atoms. The van der Waals surface area contributed by atoms with Crippen LogP contribution in [0.15, 0.2) is 48.8 Å². The molecule has 0 fully saturated rings. The van der Waals surface area contributed by atoms with E-state index in [1.807, 2.05) is 24.4 Å². The molecule has 0 bridgehead atoms. The maximum Gasteiger partial charge on any atom is 0.131 e. The molecule has 0 spiro atoms. The summed E-state index contributed by atoms with van der Waals surface area (Å²) in [4.78, 5) is 4.38. The van der Waals surface area contributed by atoms with Gasteiger partial charge in [-0.15, -0.1) is 0 Å². The van der Waals surface area contributed by atoms with Crippen LogP contribution in [0, 0.1) is 5.82 Å². The number of imidazole rings is 1. The summed E-state index contributed by atoms with van der Waals surface area (Å²) in [5.41, 5.74) is 7.30. The van der Waals surface area contributed by atoms with Crippen LogP contribution in [0.1, 0.15) is 30.8 Å². The first-order chi connectivity index (χ1) is 10.2. The van der Waals surface area contributed by atoms with Gasteiger partial charge >= 0.3 is 0 Å². The smallest absolute Gasteiger partial charge is 0.131 e. The van der Waals surface area contributed by atoms with Crippen LogP contribution in [-0.4, -0.2) is 9.55 Å². The lowest BCUT2D eigenvalue weighted by Gasteiger charge is -2.16. The minimum atomic E-state index is -0.364. The van der Waals surface area contributed by atoms with Crippen LogP contribution in [-0.2, 0) is 6.54 Å². The van der Waals surface area contributed by atoms with Crippen molar-refractivity contribution in [3.63, 3.8) is 0 Å². The number of nitrogens with zero attached hydrogens (tertiary/aromatic N) is 2. The normalized spacial score (nSPS) is 12.7. The summed E-state index contributed by atoms with van der Waals surface area (Å²) in [7, 11) is 0. The first kappa shape index (κ1) is 13.8. The molecule has 0 aliphatic rings. The lowest BCUT2D eigenvalue weighted by atomic mass is 9.98. The van der Waals surface area contributed by atoms with E-state index in [-0.39, 0.29) is 11.9 Å². The number of halogens is 1. The summed E-state index contributed by atoms with van der Waals surface area (Å²) in [6, 6.07) is 10.3. The van der Waals surface area contributed by atoms with Gasteiger partial charge < -0.3 is 10.3 Å². The average molecular weight is 283 g/mol. The second-order valence-electron chi connectivity index (χ2n) is 5.14. The molecule has 0 radical (unpaired) electrons. The standard InChI is InChI=1S/C17H18FN3/c1-2-10-21-11-9-20-17(21)16(19)14-7-8-15(18)13-6-4-3-5-12(13)14/h3-9,11,16H,2,10,19H2,1H3. The van der Waals surface area contributed by atoms with Gasteiger partial charge in [0, 0.05) is 24.3 Å². The Kier molecular flexibility index (Phi) is 3.71. The second-order valence-corrected chi connectivity index (χ2v) is 5.14. The molecule has 2 aromatic carbocycles. The van der Waals surface area contributed by atoms with Gasteiger partial charge in [0.15, 0.2) is 0 Å². The van der Waals surface area contributed by atoms with Crippen molar-refractivity contribution in [3.05, 3.63) is 66.0 Å². The Morgan fingerprint density at radius 1 is 1.19 bits per heavy atom. The van der Waals surface area contributed by atoms with Gasteiger partial charge in [0.05, 0.1) is 6.04 Å². The fourth-order valence-electron chi connectivity index (χ4n) is 2.73. The Hall–Kier alpha value is -2.20. The average Bonchev–Trinajstić information content (AvgIpc) is 2.96. The minimum absolute atomic E-state index is 0.224. The summed E-state index contributed by atoms with van der Waals surface area (Å²) >= 11 is 0. The van der Waals surface area contributed by atoms with Gasteiger partial charge in [-0.1, -0.05) is 37.3 Å². The van der Waals surface area contributed by atoms with E-state index in [1.54, 1.807) is 18.3 Å². The molecule has 4 heteroatoms. The third-order valence-corrected chi connectivity index (χ3v) is 3.73. The molecule has 0 aliphatic heterocycles. The van der Waals surface area contributed by atoms with E-state index in [0.717, 1.165) is 29.7 Å². The number of nitrogens with two attached hydrogens (primary N) is 1. The molecule has 108 valence electrons. The summed E-state index contributed by atoms with van der Waals surface area (Å²) in [6.07, 6.45) is 4.71. The van der Waals surface area contributed by atoms with Crippen LogP contribution in [0.3, 0.4) is 0 Å². The van der Waals surface area contributed by atoms with Crippen molar-refractivity contribution in [2.24, 2.45) is 5.73 Å². The molecule has 0 saturated carbocycles. The molecule has 0 amide bonds. The Bertz CT molecular complexity index is 764. The van der Waals surface area contributed by atoms with Crippen molar-refractivity contribution in [2.75, 3.05) is 0 Å². The maximum atomic E-state index is 13.9. The van der Waals surface area contributed by atoms with E-state index >= 15 is 0 Å². The number of hydrogen-bond donors (Lipinski definition) is 1. The maximum absolute atomic E-state index is 13.9. The molecule has 1 heterocycles. The topological polar surface area (TPSA) is 43.8 Å². The highest BCUT2D eigenvalue weighted by atomic mass is 19.1. The number of hydrogen-bond acceptors (Lipinski definition) is 2. The van der Waals surface area contributed by atoms with Gasteiger partial charge in [-0.3, -0.25) is 0 Å². The minimum Gasteiger partial charge on any atom is -0.333 e. The number of rotatable bonds is 4. The first-order valence-corrected chi connectivity index (χ1v) is 7.16. The number of fused-ring (bicyclic) bond motifs is 1. The predicted octanol–water partition coefficient (Wildman–Crippen LogP) is 3.63. The Labute approximate surface area is 123 Å². The van der Waals surface area contributed by atoms with Crippen LogP contribution < -0.4 is 5.73 Å². The molecular weight excluding hydrogens is 265 g/mol. The highest BCUT2D eigenvalue weighted by Crippen LogP contribution is 2.28. The summed E-state index contributed by atoms with van der Waals surface area (Å²) < 4.78 is 16.0. The molecule has 1 atom stereocenters. The molecule has 3 nitrogen and oxygen atoms in total.